The van der Waals surface area contributed by atoms with E-state index in [1.54, 1.807) is 0 Å². The molecule has 0 radical (unpaired) electrons. The molecular weight excluding hydrogens is 379 g/mol. The molecule has 0 aliphatic carbocycles. The van der Waals surface area contributed by atoms with E-state index in [4.69, 9.17) is 4.74 Å². The van der Waals surface area contributed by atoms with E-state index in [-0.39, 0.29) is 12.2 Å². The van der Waals surface area contributed by atoms with Crippen LogP contribution in [-0.4, -0.2) is 6.10 Å². The molecule has 2 rings (SSSR count). The van der Waals surface area contributed by atoms with Crippen molar-refractivity contribution in [3.63, 3.8) is 0 Å². The van der Waals surface area contributed by atoms with Gasteiger partial charge in [0.2, 0.25) is 0 Å². The lowest BCUT2D eigenvalue weighted by atomic mass is 10.1. The zero-order valence-corrected chi connectivity index (χ0v) is 13.0. The normalized spacial score (nSPS) is 25.6. The molecule has 1 aromatic rings. The number of ether oxygens (including phenoxy) is 1. The van der Waals surface area contributed by atoms with Gasteiger partial charge in [-0.05, 0) is 34.1 Å². The van der Waals surface area contributed by atoms with Gasteiger partial charge in [0.15, 0.2) is 0 Å². The molecule has 0 saturated carbocycles. The zero-order chi connectivity index (χ0) is 11.7. The third kappa shape index (κ3) is 2.36. The second-order valence-corrected chi connectivity index (χ2v) is 6.30. The van der Waals surface area contributed by atoms with E-state index in [9.17, 15) is 0 Å². The summed E-state index contributed by atoms with van der Waals surface area (Å²) in [6.45, 7) is 4.38. The van der Waals surface area contributed by atoms with Crippen LogP contribution in [0.5, 0.6) is 0 Å². The first-order valence-electron chi connectivity index (χ1n) is 5.36. The van der Waals surface area contributed by atoms with E-state index in [1.165, 1.54) is 13.6 Å². The largest absolute Gasteiger partial charge is 0.360 e. The van der Waals surface area contributed by atoms with Crippen LogP contribution in [0, 0.1) is 5.92 Å². The molecule has 0 aromatic heterocycles. The van der Waals surface area contributed by atoms with Crippen LogP contribution in [0.15, 0.2) is 38.4 Å². The summed E-state index contributed by atoms with van der Waals surface area (Å²) in [5.74, 6) is 0.508. The van der Waals surface area contributed by atoms with Gasteiger partial charge in [-0.2, -0.15) is 0 Å². The molecule has 16 heavy (non-hydrogen) atoms. The highest BCUT2D eigenvalue weighted by Crippen LogP contribution is 2.46. The van der Waals surface area contributed by atoms with E-state index in [0.29, 0.717) is 5.92 Å². The summed E-state index contributed by atoms with van der Waals surface area (Å²) in [6.07, 6.45) is 0.292. The minimum atomic E-state index is 0.0699. The van der Waals surface area contributed by atoms with Crippen LogP contribution in [0.4, 0.5) is 0 Å². The first kappa shape index (κ1) is 12.6. The number of benzene rings is 1. The van der Waals surface area contributed by atoms with Crippen LogP contribution < -0.4 is 0 Å². The molecule has 0 N–H and O–H groups in total. The summed E-state index contributed by atoms with van der Waals surface area (Å²) >= 11 is 6.05. The van der Waals surface area contributed by atoms with Gasteiger partial charge in [-0.15, -0.1) is 0 Å². The van der Waals surface area contributed by atoms with Crippen molar-refractivity contribution in [2.45, 2.75) is 26.1 Å². The molecule has 0 bridgehead atoms. The van der Waals surface area contributed by atoms with Crippen molar-refractivity contribution in [1.29, 1.82) is 0 Å². The zero-order valence-electron chi connectivity index (χ0n) is 9.28. The molecule has 2 atom stereocenters. The molecule has 1 heterocycles. The van der Waals surface area contributed by atoms with Crippen molar-refractivity contribution in [2.24, 2.45) is 5.92 Å². The fourth-order valence-corrected chi connectivity index (χ4v) is 3.58. The lowest BCUT2D eigenvalue weighted by molar-refractivity contribution is 0.0327. The summed E-state index contributed by atoms with van der Waals surface area (Å²) in [4.78, 5) is 0. The van der Waals surface area contributed by atoms with E-state index in [1.807, 2.05) is 6.07 Å². The van der Waals surface area contributed by atoms with Gasteiger partial charge in [0.1, 0.15) is 6.10 Å². The van der Waals surface area contributed by atoms with Gasteiger partial charge < -0.3 is 4.74 Å². The Hall–Kier alpha value is 0.130. The molecule has 1 nitrogen and oxygen atoms in total. The summed E-state index contributed by atoms with van der Waals surface area (Å²) in [5.41, 5.74) is 1.21. The van der Waals surface area contributed by atoms with Crippen molar-refractivity contribution < 1.29 is 4.74 Å². The molecule has 86 valence electrons. The van der Waals surface area contributed by atoms with Crippen molar-refractivity contribution in [3.05, 3.63) is 44.0 Å². The summed E-state index contributed by atoms with van der Waals surface area (Å²) < 4.78 is 8.58. The Morgan fingerprint density at radius 3 is 2.38 bits per heavy atom. The SMILES string of the molecule is CC(C)C1OC(c2ccccc2)C(Br)=C1I. The Morgan fingerprint density at radius 2 is 1.88 bits per heavy atom. The summed E-state index contributed by atoms with van der Waals surface area (Å²) in [7, 11) is 0. The molecule has 2 unspecified atom stereocenters. The predicted octanol–water partition coefficient (Wildman–Crippen LogP) is 4.82. The van der Waals surface area contributed by atoms with Crippen LogP contribution in [0.1, 0.15) is 25.5 Å². The van der Waals surface area contributed by atoms with Crippen LogP contribution in [0.3, 0.4) is 0 Å². The van der Waals surface area contributed by atoms with Gasteiger partial charge in [-0.25, -0.2) is 0 Å². The molecule has 0 fully saturated rings. The van der Waals surface area contributed by atoms with Crippen LogP contribution >= 0.6 is 38.5 Å². The minimum Gasteiger partial charge on any atom is -0.360 e. The molecule has 1 aliphatic heterocycles. The Kier molecular flexibility index (Phi) is 4.08. The third-order valence-corrected chi connectivity index (χ3v) is 5.48. The quantitative estimate of drug-likeness (QED) is 0.655. The van der Waals surface area contributed by atoms with Gasteiger partial charge in [0.25, 0.3) is 0 Å². The maximum absolute atomic E-state index is 6.10. The summed E-state index contributed by atoms with van der Waals surface area (Å²) in [5, 5.41) is 0. The Balaban J connectivity index is 2.28. The average Bonchev–Trinajstić information content (AvgIpc) is 2.58. The molecule has 0 saturated heterocycles. The summed E-state index contributed by atoms with van der Waals surface area (Å²) in [6, 6.07) is 10.3. The van der Waals surface area contributed by atoms with E-state index >= 15 is 0 Å². The van der Waals surface area contributed by atoms with Gasteiger partial charge in [0, 0.05) is 8.06 Å². The topological polar surface area (TPSA) is 9.23 Å². The number of hydrogen-bond donors (Lipinski definition) is 0. The molecule has 0 spiro atoms. The fraction of sp³-hybridized carbons (Fsp3) is 0.385. The van der Waals surface area contributed by atoms with Crippen molar-refractivity contribution in [2.75, 3.05) is 0 Å². The Morgan fingerprint density at radius 1 is 1.25 bits per heavy atom. The second kappa shape index (κ2) is 5.19. The number of rotatable bonds is 2. The van der Waals surface area contributed by atoms with Gasteiger partial charge >= 0.3 is 0 Å². The van der Waals surface area contributed by atoms with Gasteiger partial charge in [0.05, 0.1) is 6.10 Å². The molecular formula is C13H14BrIO. The molecule has 1 aliphatic rings. The predicted molar refractivity (Wildman–Crippen MR) is 78.9 cm³/mol. The van der Waals surface area contributed by atoms with Crippen molar-refractivity contribution in [3.8, 4) is 0 Å². The molecule has 0 amide bonds. The highest BCUT2D eigenvalue weighted by atomic mass is 127. The van der Waals surface area contributed by atoms with Crippen molar-refractivity contribution in [1.82, 2.24) is 0 Å². The third-order valence-electron chi connectivity index (χ3n) is 2.70. The van der Waals surface area contributed by atoms with Crippen LogP contribution in [0.2, 0.25) is 0 Å². The first-order valence-corrected chi connectivity index (χ1v) is 7.24. The average molecular weight is 393 g/mol. The lowest BCUT2D eigenvalue weighted by Gasteiger charge is -2.18. The van der Waals surface area contributed by atoms with Crippen LogP contribution in [-0.2, 0) is 4.74 Å². The maximum atomic E-state index is 6.10. The first-order chi connectivity index (χ1) is 7.61. The highest BCUT2D eigenvalue weighted by Gasteiger charge is 2.34. The monoisotopic (exact) mass is 392 g/mol. The fourth-order valence-electron chi connectivity index (χ4n) is 1.83. The van der Waals surface area contributed by atoms with E-state index in [2.05, 4.69) is 76.6 Å². The smallest absolute Gasteiger partial charge is 0.116 e. The van der Waals surface area contributed by atoms with E-state index < -0.39 is 0 Å². The van der Waals surface area contributed by atoms with Gasteiger partial charge in [-0.3, -0.25) is 0 Å². The Bertz CT molecular complexity index is 400. The number of halogens is 2. The maximum Gasteiger partial charge on any atom is 0.116 e. The standard InChI is InChI=1S/C13H14BrIO/c1-8(2)12-11(15)10(14)13(16-12)9-6-4-3-5-7-9/h3-8,12-13H,1-2H3. The van der Waals surface area contributed by atoms with Crippen molar-refractivity contribution >= 4 is 38.5 Å². The minimum absolute atomic E-state index is 0.0699. The second-order valence-electron chi connectivity index (χ2n) is 4.29. The molecule has 3 heteroatoms. The number of hydrogen-bond acceptors (Lipinski definition) is 1. The van der Waals surface area contributed by atoms with Crippen LogP contribution in [0.25, 0.3) is 0 Å². The van der Waals surface area contributed by atoms with Gasteiger partial charge in [-0.1, -0.05) is 60.1 Å². The van der Waals surface area contributed by atoms with E-state index in [0.717, 1.165) is 0 Å². The Labute approximate surface area is 119 Å². The highest BCUT2D eigenvalue weighted by molar-refractivity contribution is 14.1. The molecule has 1 aromatic carbocycles. The lowest BCUT2D eigenvalue weighted by Crippen LogP contribution is -2.16.